The number of aryl methyl sites for hydroxylation is 1. The van der Waals surface area contributed by atoms with Gasteiger partial charge >= 0.3 is 5.97 Å². The lowest BCUT2D eigenvalue weighted by Crippen LogP contribution is -2.23. The third-order valence-corrected chi connectivity index (χ3v) is 4.64. The van der Waals surface area contributed by atoms with Crippen molar-refractivity contribution >= 4 is 45.0 Å². The van der Waals surface area contributed by atoms with Gasteiger partial charge in [-0.2, -0.15) is 10.1 Å². The Morgan fingerprint density at radius 1 is 1.36 bits per heavy atom. The van der Waals surface area contributed by atoms with Crippen LogP contribution < -0.4 is 4.80 Å². The van der Waals surface area contributed by atoms with Crippen molar-refractivity contribution in [2.75, 3.05) is 6.61 Å². The predicted octanol–water partition coefficient (Wildman–Crippen LogP) is 2.39. The first kappa shape index (κ1) is 17.4. The molecular formula is C16H15ClN4O3S. The van der Waals surface area contributed by atoms with Gasteiger partial charge in [0.1, 0.15) is 6.54 Å². The summed E-state index contributed by atoms with van der Waals surface area (Å²) in [6, 6.07) is 6.87. The first-order chi connectivity index (χ1) is 12.0. The van der Waals surface area contributed by atoms with Crippen LogP contribution in [-0.4, -0.2) is 32.8 Å². The first-order valence-corrected chi connectivity index (χ1v) is 8.70. The van der Waals surface area contributed by atoms with Crippen molar-refractivity contribution in [3.05, 3.63) is 46.0 Å². The molecule has 0 spiro atoms. The van der Waals surface area contributed by atoms with Gasteiger partial charge in [-0.1, -0.05) is 22.9 Å². The Morgan fingerprint density at radius 3 is 2.84 bits per heavy atom. The number of rotatable bonds is 4. The second kappa shape index (κ2) is 7.20. The summed E-state index contributed by atoms with van der Waals surface area (Å²) in [6.07, 6.45) is 1.67. The molecule has 0 aliphatic rings. The van der Waals surface area contributed by atoms with Crippen LogP contribution in [0, 0.1) is 0 Å². The minimum atomic E-state index is -0.476. The highest BCUT2D eigenvalue weighted by Crippen LogP contribution is 2.22. The molecular weight excluding hydrogens is 364 g/mol. The zero-order valence-electron chi connectivity index (χ0n) is 13.6. The summed E-state index contributed by atoms with van der Waals surface area (Å²) in [7, 11) is 1.72. The van der Waals surface area contributed by atoms with E-state index in [4.69, 9.17) is 16.3 Å². The molecule has 0 N–H and O–H groups in total. The highest BCUT2D eigenvalue weighted by atomic mass is 35.5. The molecule has 3 rings (SSSR count). The van der Waals surface area contributed by atoms with Crippen molar-refractivity contribution in [1.29, 1.82) is 0 Å². The van der Waals surface area contributed by atoms with E-state index in [0.29, 0.717) is 9.82 Å². The molecule has 2 aromatic heterocycles. The van der Waals surface area contributed by atoms with Crippen LogP contribution in [0.3, 0.4) is 0 Å². The molecule has 0 atom stereocenters. The molecule has 130 valence electrons. The quantitative estimate of drug-likeness (QED) is 0.653. The Bertz CT molecular complexity index is 1020. The normalized spacial score (nSPS) is 11.9. The average Bonchev–Trinajstić information content (AvgIpc) is 3.12. The van der Waals surface area contributed by atoms with E-state index in [1.165, 1.54) is 16.0 Å². The number of aromatic nitrogens is 3. The fourth-order valence-electron chi connectivity index (χ4n) is 2.29. The predicted molar refractivity (Wildman–Crippen MR) is 94.6 cm³/mol. The Balaban J connectivity index is 2.10. The third-order valence-electron chi connectivity index (χ3n) is 3.37. The van der Waals surface area contributed by atoms with E-state index in [0.717, 1.165) is 10.2 Å². The lowest BCUT2D eigenvalue weighted by molar-refractivity contribution is -0.143. The highest BCUT2D eigenvalue weighted by molar-refractivity contribution is 7.16. The Labute approximate surface area is 152 Å². The summed E-state index contributed by atoms with van der Waals surface area (Å²) >= 11 is 7.31. The molecule has 0 radical (unpaired) electrons. The number of hydrogen-bond acceptors (Lipinski definition) is 5. The summed E-state index contributed by atoms with van der Waals surface area (Å²) in [6.45, 7) is 1.99. The highest BCUT2D eigenvalue weighted by Gasteiger charge is 2.14. The largest absolute Gasteiger partial charge is 0.465 e. The van der Waals surface area contributed by atoms with E-state index >= 15 is 0 Å². The minimum absolute atomic E-state index is 0.0379. The lowest BCUT2D eigenvalue weighted by atomic mass is 10.3. The summed E-state index contributed by atoms with van der Waals surface area (Å²) in [5.74, 6) is -0.875. The average molecular weight is 379 g/mol. The summed E-state index contributed by atoms with van der Waals surface area (Å²) in [4.78, 5) is 28.8. The third kappa shape index (κ3) is 3.80. The van der Waals surface area contributed by atoms with Gasteiger partial charge in [0.15, 0.2) is 10.5 Å². The standard InChI is InChI=1S/C16H15ClN4O3S/c1-3-24-14(22)9-21-12-5-4-10(17)8-13(12)25-16(21)18-15(23)11-6-7-20(2)19-11/h4-8H,3,9H2,1-2H3. The summed E-state index contributed by atoms with van der Waals surface area (Å²) in [5, 5.41) is 4.62. The van der Waals surface area contributed by atoms with E-state index < -0.39 is 11.9 Å². The molecule has 0 aliphatic carbocycles. The number of esters is 1. The summed E-state index contributed by atoms with van der Waals surface area (Å²) < 4.78 is 9.01. The lowest BCUT2D eigenvalue weighted by Gasteiger charge is -2.05. The number of amides is 1. The minimum Gasteiger partial charge on any atom is -0.465 e. The number of carbonyl (C=O) groups excluding carboxylic acids is 2. The van der Waals surface area contributed by atoms with Gasteiger partial charge < -0.3 is 9.30 Å². The van der Waals surface area contributed by atoms with Gasteiger partial charge in [0.2, 0.25) is 0 Å². The maximum Gasteiger partial charge on any atom is 0.326 e. The van der Waals surface area contributed by atoms with Crippen LogP contribution in [0.25, 0.3) is 10.2 Å². The molecule has 0 fully saturated rings. The van der Waals surface area contributed by atoms with Crippen molar-refractivity contribution in [2.24, 2.45) is 12.0 Å². The number of carbonyl (C=O) groups is 2. The molecule has 0 aliphatic heterocycles. The molecule has 1 aromatic carbocycles. The van der Waals surface area contributed by atoms with E-state index in [1.54, 1.807) is 49.0 Å². The zero-order valence-corrected chi connectivity index (χ0v) is 15.2. The van der Waals surface area contributed by atoms with Crippen LogP contribution in [0.1, 0.15) is 17.4 Å². The number of nitrogens with zero attached hydrogens (tertiary/aromatic N) is 4. The number of fused-ring (bicyclic) bond motifs is 1. The van der Waals surface area contributed by atoms with Crippen LogP contribution in [0.4, 0.5) is 0 Å². The molecule has 0 saturated heterocycles. The second-order valence-corrected chi connectivity index (χ2v) is 6.62. The van der Waals surface area contributed by atoms with Gasteiger partial charge in [-0.05, 0) is 31.2 Å². The fraction of sp³-hybridized carbons (Fsp3) is 0.250. The zero-order chi connectivity index (χ0) is 18.0. The van der Waals surface area contributed by atoms with E-state index in [2.05, 4.69) is 10.1 Å². The molecule has 7 nitrogen and oxygen atoms in total. The topological polar surface area (TPSA) is 78.5 Å². The molecule has 25 heavy (non-hydrogen) atoms. The smallest absolute Gasteiger partial charge is 0.326 e. The van der Waals surface area contributed by atoms with Crippen molar-refractivity contribution in [1.82, 2.24) is 14.3 Å². The van der Waals surface area contributed by atoms with E-state index in [1.807, 2.05) is 0 Å². The van der Waals surface area contributed by atoms with Gasteiger partial charge in [0.25, 0.3) is 5.91 Å². The van der Waals surface area contributed by atoms with Gasteiger partial charge in [-0.15, -0.1) is 0 Å². The van der Waals surface area contributed by atoms with Crippen molar-refractivity contribution in [3.8, 4) is 0 Å². The van der Waals surface area contributed by atoms with Crippen LogP contribution in [0.2, 0.25) is 5.02 Å². The van der Waals surface area contributed by atoms with Crippen LogP contribution >= 0.6 is 22.9 Å². The van der Waals surface area contributed by atoms with E-state index in [9.17, 15) is 9.59 Å². The number of halogens is 1. The van der Waals surface area contributed by atoms with Gasteiger partial charge in [-0.3, -0.25) is 14.3 Å². The second-order valence-electron chi connectivity index (χ2n) is 5.18. The molecule has 1 amide bonds. The fourth-order valence-corrected chi connectivity index (χ4v) is 3.60. The number of ether oxygens (including phenoxy) is 1. The molecule has 0 unspecified atom stereocenters. The maximum atomic E-state index is 12.3. The van der Waals surface area contributed by atoms with Crippen LogP contribution in [0.5, 0.6) is 0 Å². The molecule has 0 bridgehead atoms. The monoisotopic (exact) mass is 378 g/mol. The van der Waals surface area contributed by atoms with Gasteiger partial charge in [-0.25, -0.2) is 0 Å². The summed E-state index contributed by atoms with van der Waals surface area (Å²) in [5.41, 5.74) is 0.996. The molecule has 2 heterocycles. The maximum absolute atomic E-state index is 12.3. The Hall–Kier alpha value is -2.45. The van der Waals surface area contributed by atoms with Gasteiger partial charge in [0, 0.05) is 18.3 Å². The van der Waals surface area contributed by atoms with Crippen molar-refractivity contribution < 1.29 is 14.3 Å². The van der Waals surface area contributed by atoms with Crippen LogP contribution in [-0.2, 0) is 23.1 Å². The SMILES string of the molecule is CCOC(=O)Cn1c(=NC(=O)c2ccn(C)n2)sc2cc(Cl)ccc21. The Morgan fingerprint density at radius 2 is 2.16 bits per heavy atom. The van der Waals surface area contributed by atoms with Crippen molar-refractivity contribution in [3.63, 3.8) is 0 Å². The number of hydrogen-bond donors (Lipinski definition) is 0. The van der Waals surface area contributed by atoms with Crippen LogP contribution in [0.15, 0.2) is 35.5 Å². The van der Waals surface area contributed by atoms with Crippen molar-refractivity contribution in [2.45, 2.75) is 13.5 Å². The number of thiazole rings is 1. The molecule has 9 heteroatoms. The molecule has 0 saturated carbocycles. The number of benzene rings is 1. The molecule has 3 aromatic rings. The van der Waals surface area contributed by atoms with E-state index in [-0.39, 0.29) is 18.8 Å². The van der Waals surface area contributed by atoms with Gasteiger partial charge in [0.05, 0.1) is 16.8 Å². The Kier molecular flexibility index (Phi) is 5.00. The first-order valence-electron chi connectivity index (χ1n) is 7.51.